The zero-order valence-electron chi connectivity index (χ0n) is 29.4. The lowest BCUT2D eigenvalue weighted by Gasteiger charge is -2.37. The van der Waals surface area contributed by atoms with E-state index in [2.05, 4.69) is 18.5 Å². The number of benzene rings is 2. The molecule has 0 aliphatic carbocycles. The van der Waals surface area contributed by atoms with Crippen LogP contribution in [0.3, 0.4) is 0 Å². The molecule has 10 nitrogen and oxygen atoms in total. The fraction of sp³-hybridized carbons (Fsp3) is 0.500. The van der Waals surface area contributed by atoms with Gasteiger partial charge >= 0.3 is 5.97 Å². The van der Waals surface area contributed by atoms with Gasteiger partial charge in [0.05, 0.1) is 24.0 Å². The van der Waals surface area contributed by atoms with E-state index < -0.39 is 41.6 Å². The molecule has 1 spiro atoms. The molecule has 0 aromatic heterocycles. The van der Waals surface area contributed by atoms with E-state index >= 15 is 0 Å². The maximum Gasteiger partial charge on any atom is 0.306 e. The number of carbonyl (C=O) groups is 4. The van der Waals surface area contributed by atoms with Gasteiger partial charge in [0.1, 0.15) is 18.2 Å². The van der Waals surface area contributed by atoms with Gasteiger partial charge in [-0.1, -0.05) is 67.5 Å². The zero-order chi connectivity index (χ0) is 35.8. The number of amides is 3. The number of aryl methyl sites for hydroxylation is 2. The van der Waals surface area contributed by atoms with E-state index in [0.29, 0.717) is 38.6 Å². The Bertz CT molecular complexity index is 1560. The van der Waals surface area contributed by atoms with Gasteiger partial charge in [-0.15, -0.1) is 13.2 Å². The van der Waals surface area contributed by atoms with Crippen molar-refractivity contribution in [3.63, 3.8) is 0 Å². The second kappa shape index (κ2) is 16.6. The molecule has 3 amide bonds. The van der Waals surface area contributed by atoms with Crippen LogP contribution in [0.2, 0.25) is 0 Å². The number of hydrogen-bond acceptors (Lipinski definition) is 7. The molecule has 5 rings (SSSR count). The molecule has 3 saturated heterocycles. The number of allylic oxidation sites excluding steroid dienone is 1. The number of anilines is 1. The van der Waals surface area contributed by atoms with E-state index in [9.17, 15) is 24.3 Å². The number of aliphatic hydroxyl groups is 1. The molecule has 3 aliphatic heterocycles. The number of esters is 1. The Labute approximate surface area is 295 Å². The Kier molecular flexibility index (Phi) is 12.3. The molecular formula is C40H51N3O7. The standard InChI is InChI=1S/C40H51N3O7/c1-5-7-17-33(45)49-26-30(29-15-11-10-12-16-29)41-37(46)34-32-20-21-40(50-32)35(34)38(47)43(23-13-8-9-14-24-44)36(40)39(48)42(22-6-2)31-25-27(3)18-19-28(31)4/h5-6,10-12,15-16,18-19,25,30,32,34-36,44H,1-2,7-9,13-14,17,20-24,26H2,3-4H3,(H,41,46)/t30-,32-,34+,35+,36-,40+/m1/s1. The fourth-order valence-electron chi connectivity index (χ4n) is 7.96. The minimum absolute atomic E-state index is 0.0683. The summed E-state index contributed by atoms with van der Waals surface area (Å²) >= 11 is 0. The normalized spacial score (nSPS) is 24.1. The molecule has 50 heavy (non-hydrogen) atoms. The van der Waals surface area contributed by atoms with Gasteiger partial charge in [-0.05, 0) is 68.7 Å². The highest BCUT2D eigenvalue weighted by Gasteiger charge is 2.74. The molecule has 2 N–H and O–H groups in total. The summed E-state index contributed by atoms with van der Waals surface area (Å²) in [6.07, 6.45) is 7.39. The van der Waals surface area contributed by atoms with Crippen molar-refractivity contribution >= 4 is 29.4 Å². The van der Waals surface area contributed by atoms with Crippen LogP contribution in [-0.4, -0.2) is 77.7 Å². The first-order chi connectivity index (χ1) is 24.2. The van der Waals surface area contributed by atoms with Gasteiger partial charge in [-0.2, -0.15) is 0 Å². The number of nitrogens with zero attached hydrogens (tertiary/aromatic N) is 2. The van der Waals surface area contributed by atoms with Crippen LogP contribution in [0.15, 0.2) is 73.8 Å². The molecule has 268 valence electrons. The molecule has 10 heteroatoms. The highest BCUT2D eigenvalue weighted by atomic mass is 16.5. The van der Waals surface area contributed by atoms with Gasteiger partial charge in [0.25, 0.3) is 5.91 Å². The predicted molar refractivity (Wildman–Crippen MR) is 191 cm³/mol. The van der Waals surface area contributed by atoms with Gasteiger partial charge in [0.2, 0.25) is 11.8 Å². The second-order valence-corrected chi connectivity index (χ2v) is 13.7. The minimum Gasteiger partial charge on any atom is -0.463 e. The highest BCUT2D eigenvalue weighted by molar-refractivity contribution is 6.05. The number of rotatable bonds is 18. The van der Waals surface area contributed by atoms with E-state index in [1.54, 1.807) is 22.0 Å². The van der Waals surface area contributed by atoms with Crippen molar-refractivity contribution in [1.82, 2.24) is 10.2 Å². The van der Waals surface area contributed by atoms with Crippen LogP contribution in [0, 0.1) is 25.7 Å². The molecule has 2 aromatic rings. The number of nitrogens with one attached hydrogen (secondary N) is 1. The van der Waals surface area contributed by atoms with Crippen molar-refractivity contribution in [2.75, 3.05) is 31.2 Å². The molecule has 3 aliphatic rings. The summed E-state index contributed by atoms with van der Waals surface area (Å²) in [5, 5.41) is 12.4. The largest absolute Gasteiger partial charge is 0.463 e. The Balaban J connectivity index is 1.46. The number of fused-ring (bicyclic) bond motifs is 1. The highest BCUT2D eigenvalue weighted by Crippen LogP contribution is 2.59. The maximum absolute atomic E-state index is 14.9. The molecule has 6 atom stereocenters. The lowest BCUT2D eigenvalue weighted by atomic mass is 9.70. The van der Waals surface area contributed by atoms with Crippen molar-refractivity contribution in [1.29, 1.82) is 0 Å². The molecule has 2 bridgehead atoms. The Hall–Kier alpha value is -4.28. The number of ether oxygens (including phenoxy) is 2. The first kappa shape index (κ1) is 37.0. The van der Waals surface area contributed by atoms with Crippen LogP contribution in [0.1, 0.15) is 74.1 Å². The average molecular weight is 686 g/mol. The van der Waals surface area contributed by atoms with Crippen molar-refractivity contribution in [3.8, 4) is 0 Å². The smallest absolute Gasteiger partial charge is 0.306 e. The van der Waals surface area contributed by atoms with Crippen LogP contribution < -0.4 is 10.2 Å². The van der Waals surface area contributed by atoms with Crippen molar-refractivity contribution in [2.45, 2.75) is 89.0 Å². The number of likely N-dealkylation sites (tertiary alicyclic amines) is 1. The Morgan fingerprint density at radius 3 is 2.58 bits per heavy atom. The van der Waals surface area contributed by atoms with E-state index in [0.717, 1.165) is 35.2 Å². The third-order valence-corrected chi connectivity index (χ3v) is 10.4. The average Bonchev–Trinajstić information content (AvgIpc) is 3.76. The Morgan fingerprint density at radius 1 is 1.10 bits per heavy atom. The molecule has 0 radical (unpaired) electrons. The summed E-state index contributed by atoms with van der Waals surface area (Å²) in [7, 11) is 0. The lowest BCUT2D eigenvalue weighted by Crippen LogP contribution is -2.56. The molecule has 3 heterocycles. The molecule has 0 unspecified atom stereocenters. The van der Waals surface area contributed by atoms with E-state index in [1.807, 2.05) is 62.4 Å². The zero-order valence-corrected chi connectivity index (χ0v) is 29.4. The first-order valence-electron chi connectivity index (χ1n) is 17.9. The Morgan fingerprint density at radius 2 is 1.86 bits per heavy atom. The van der Waals surface area contributed by atoms with Crippen molar-refractivity contribution in [2.24, 2.45) is 11.8 Å². The van der Waals surface area contributed by atoms with Gasteiger partial charge in [0.15, 0.2) is 0 Å². The second-order valence-electron chi connectivity index (χ2n) is 13.7. The molecular weight excluding hydrogens is 634 g/mol. The van der Waals surface area contributed by atoms with Crippen molar-refractivity contribution < 1.29 is 33.8 Å². The number of aliphatic hydroxyl groups excluding tert-OH is 1. The number of unbranched alkanes of at least 4 members (excludes halogenated alkanes) is 3. The van der Waals surface area contributed by atoms with E-state index in [-0.39, 0.29) is 43.9 Å². The van der Waals surface area contributed by atoms with Crippen LogP contribution >= 0.6 is 0 Å². The van der Waals surface area contributed by atoms with Crippen LogP contribution in [0.4, 0.5) is 5.69 Å². The SMILES string of the molecule is C=CCCC(=O)OC[C@@H](NC(=O)[C@@H]1[C@H]2C(=O)N(CCCCCCO)[C@H](C(=O)N(CC=C)c3cc(C)ccc3C)[C@]23CC[C@H]1O3)c1ccccc1. The van der Waals surface area contributed by atoms with Crippen LogP contribution in [0.5, 0.6) is 0 Å². The molecule has 2 aromatic carbocycles. The predicted octanol–water partition coefficient (Wildman–Crippen LogP) is 5.12. The summed E-state index contributed by atoms with van der Waals surface area (Å²) in [6, 6.07) is 13.7. The third-order valence-electron chi connectivity index (χ3n) is 10.4. The van der Waals surface area contributed by atoms with Gasteiger partial charge < -0.3 is 29.7 Å². The van der Waals surface area contributed by atoms with Crippen LogP contribution in [-0.2, 0) is 28.7 Å². The van der Waals surface area contributed by atoms with E-state index in [1.165, 1.54) is 0 Å². The number of hydrogen-bond donors (Lipinski definition) is 2. The van der Waals surface area contributed by atoms with Gasteiger partial charge in [-0.25, -0.2) is 0 Å². The molecule has 0 saturated carbocycles. The summed E-state index contributed by atoms with van der Waals surface area (Å²) in [5.41, 5.74) is 2.27. The van der Waals surface area contributed by atoms with Crippen molar-refractivity contribution in [3.05, 3.63) is 90.5 Å². The minimum atomic E-state index is -1.16. The number of carbonyl (C=O) groups excluding carboxylic acids is 4. The molecule has 3 fully saturated rings. The summed E-state index contributed by atoms with van der Waals surface area (Å²) in [4.78, 5) is 59.6. The van der Waals surface area contributed by atoms with Gasteiger partial charge in [-0.3, -0.25) is 19.2 Å². The monoisotopic (exact) mass is 685 g/mol. The summed E-state index contributed by atoms with van der Waals surface area (Å²) in [6.45, 7) is 12.1. The maximum atomic E-state index is 14.9. The third kappa shape index (κ3) is 7.56. The van der Waals surface area contributed by atoms with Crippen LogP contribution in [0.25, 0.3) is 0 Å². The summed E-state index contributed by atoms with van der Waals surface area (Å²) in [5.74, 6) is -2.92. The fourth-order valence-corrected chi connectivity index (χ4v) is 7.96. The topological polar surface area (TPSA) is 125 Å². The first-order valence-corrected chi connectivity index (χ1v) is 17.9. The van der Waals surface area contributed by atoms with E-state index in [4.69, 9.17) is 9.47 Å². The summed E-state index contributed by atoms with van der Waals surface area (Å²) < 4.78 is 12.3. The quantitative estimate of drug-likeness (QED) is 0.127. The van der Waals surface area contributed by atoms with Gasteiger partial charge in [0, 0.05) is 31.8 Å². The lowest BCUT2D eigenvalue weighted by molar-refractivity contribution is -0.146.